The number of nitrogens with zero attached hydrogens (tertiary/aromatic N) is 3. The first kappa shape index (κ1) is 16.8. The van der Waals surface area contributed by atoms with Crippen molar-refractivity contribution in [2.75, 3.05) is 11.9 Å². The summed E-state index contributed by atoms with van der Waals surface area (Å²) in [6.07, 6.45) is 6.34. The summed E-state index contributed by atoms with van der Waals surface area (Å²) in [4.78, 5) is 24.9. The minimum Gasteiger partial charge on any atom is -0.351 e. The van der Waals surface area contributed by atoms with Crippen LogP contribution in [0.5, 0.6) is 0 Å². The number of carbonyl (C=O) groups excluding carboxylic acids is 1. The van der Waals surface area contributed by atoms with Crippen LogP contribution in [0.2, 0.25) is 0 Å². The Morgan fingerprint density at radius 3 is 2.84 bits per heavy atom. The number of fused-ring (bicyclic) bond motifs is 1. The van der Waals surface area contributed by atoms with E-state index in [1.807, 2.05) is 30.3 Å². The summed E-state index contributed by atoms with van der Waals surface area (Å²) >= 11 is 0. The van der Waals surface area contributed by atoms with Crippen molar-refractivity contribution in [3.8, 4) is 0 Å². The van der Waals surface area contributed by atoms with Crippen molar-refractivity contribution < 1.29 is 4.79 Å². The Labute approximate surface area is 146 Å². The number of nitrogens with one attached hydrogen (secondary N) is 2. The molecule has 1 amide bonds. The van der Waals surface area contributed by atoms with Crippen LogP contribution in [-0.2, 0) is 0 Å². The van der Waals surface area contributed by atoms with Crippen LogP contribution in [0.1, 0.15) is 36.7 Å². The Balaban J connectivity index is 1.74. The summed E-state index contributed by atoms with van der Waals surface area (Å²) in [6, 6.07) is 11.4. The molecule has 0 atom stereocenters. The zero-order valence-corrected chi connectivity index (χ0v) is 14.2. The van der Waals surface area contributed by atoms with Crippen molar-refractivity contribution in [2.24, 2.45) is 0 Å². The molecule has 0 aliphatic heterocycles. The third-order valence-corrected chi connectivity index (χ3v) is 3.86. The number of benzene rings is 1. The van der Waals surface area contributed by atoms with E-state index in [1.165, 1.54) is 6.33 Å². The van der Waals surface area contributed by atoms with Crippen LogP contribution in [0, 0.1) is 0 Å². The number of aromatic nitrogens is 3. The van der Waals surface area contributed by atoms with Crippen LogP contribution in [-0.4, -0.2) is 27.4 Å². The van der Waals surface area contributed by atoms with Crippen molar-refractivity contribution in [3.05, 3.63) is 54.6 Å². The molecule has 0 saturated heterocycles. The van der Waals surface area contributed by atoms with E-state index in [1.54, 1.807) is 12.3 Å². The Morgan fingerprint density at radius 1 is 1.08 bits per heavy atom. The van der Waals surface area contributed by atoms with E-state index < -0.39 is 0 Å². The van der Waals surface area contributed by atoms with Gasteiger partial charge in [-0.3, -0.25) is 9.78 Å². The van der Waals surface area contributed by atoms with Gasteiger partial charge in [0.2, 0.25) is 0 Å². The second-order valence-electron chi connectivity index (χ2n) is 5.76. The highest BCUT2D eigenvalue weighted by Crippen LogP contribution is 2.23. The predicted molar refractivity (Wildman–Crippen MR) is 98.9 cm³/mol. The molecule has 2 heterocycles. The number of anilines is 2. The van der Waals surface area contributed by atoms with Crippen molar-refractivity contribution in [1.29, 1.82) is 0 Å². The molecule has 128 valence electrons. The van der Waals surface area contributed by atoms with E-state index in [9.17, 15) is 4.79 Å². The first-order valence-corrected chi connectivity index (χ1v) is 8.49. The highest BCUT2D eigenvalue weighted by atomic mass is 16.1. The van der Waals surface area contributed by atoms with Gasteiger partial charge in [0.1, 0.15) is 17.8 Å². The molecule has 3 rings (SSSR count). The lowest BCUT2D eigenvalue weighted by Gasteiger charge is -2.09. The molecule has 1 aromatic carbocycles. The number of hydrogen-bond acceptors (Lipinski definition) is 5. The zero-order chi connectivity index (χ0) is 17.5. The van der Waals surface area contributed by atoms with Crippen LogP contribution in [0.3, 0.4) is 0 Å². The lowest BCUT2D eigenvalue weighted by molar-refractivity contribution is 0.0948. The standard InChI is InChI=1S/C19H21N5O/c1-2-3-4-10-21-19(25)16-12-17(23-13-22-16)24-15-9-5-7-14-8-6-11-20-18(14)15/h5-9,11-13H,2-4,10H2,1H3,(H,21,25)(H,22,23,24). The molecule has 0 aliphatic carbocycles. The molecule has 0 saturated carbocycles. The Hall–Kier alpha value is -3.02. The molecule has 0 unspecified atom stereocenters. The summed E-state index contributed by atoms with van der Waals surface area (Å²) in [5.74, 6) is 0.379. The first-order valence-electron chi connectivity index (χ1n) is 8.49. The van der Waals surface area contributed by atoms with Crippen molar-refractivity contribution in [3.63, 3.8) is 0 Å². The Bertz CT molecular complexity index is 860. The SMILES string of the molecule is CCCCCNC(=O)c1cc(Nc2cccc3cccnc23)ncn1. The summed E-state index contributed by atoms with van der Waals surface area (Å²) in [5.41, 5.74) is 2.04. The smallest absolute Gasteiger partial charge is 0.270 e. The first-order chi connectivity index (χ1) is 12.3. The third kappa shape index (κ3) is 4.29. The van der Waals surface area contributed by atoms with Crippen molar-refractivity contribution in [1.82, 2.24) is 20.3 Å². The summed E-state index contributed by atoms with van der Waals surface area (Å²) < 4.78 is 0. The molecule has 0 radical (unpaired) electrons. The maximum absolute atomic E-state index is 12.2. The predicted octanol–water partition coefficient (Wildman–Crippen LogP) is 3.69. The minimum absolute atomic E-state index is 0.183. The van der Waals surface area contributed by atoms with E-state index in [-0.39, 0.29) is 5.91 Å². The fourth-order valence-electron chi connectivity index (χ4n) is 2.56. The van der Waals surface area contributed by atoms with Gasteiger partial charge in [0.05, 0.1) is 11.2 Å². The number of pyridine rings is 1. The molecule has 2 N–H and O–H groups in total. The molecule has 6 heteroatoms. The summed E-state index contributed by atoms with van der Waals surface area (Å²) in [7, 11) is 0. The molecule has 3 aromatic rings. The van der Waals surface area contributed by atoms with Gasteiger partial charge in [0.25, 0.3) is 5.91 Å². The lowest BCUT2D eigenvalue weighted by atomic mass is 10.2. The van der Waals surface area contributed by atoms with E-state index >= 15 is 0 Å². The average Bonchev–Trinajstić information content (AvgIpc) is 2.66. The van der Waals surface area contributed by atoms with Gasteiger partial charge in [-0.1, -0.05) is 38.0 Å². The molecule has 0 aliphatic rings. The maximum atomic E-state index is 12.2. The number of para-hydroxylation sites is 1. The van der Waals surface area contributed by atoms with Crippen LogP contribution >= 0.6 is 0 Å². The number of unbranched alkanes of at least 4 members (excludes halogenated alkanes) is 2. The van der Waals surface area contributed by atoms with Gasteiger partial charge < -0.3 is 10.6 Å². The Morgan fingerprint density at radius 2 is 1.96 bits per heavy atom. The van der Waals surface area contributed by atoms with Crippen LogP contribution < -0.4 is 10.6 Å². The highest BCUT2D eigenvalue weighted by Gasteiger charge is 2.09. The number of amides is 1. The van der Waals surface area contributed by atoms with Gasteiger partial charge in [0.15, 0.2) is 0 Å². The maximum Gasteiger partial charge on any atom is 0.270 e. The second kappa shape index (κ2) is 8.19. The van der Waals surface area contributed by atoms with Gasteiger partial charge >= 0.3 is 0 Å². The third-order valence-electron chi connectivity index (χ3n) is 3.86. The van der Waals surface area contributed by atoms with Gasteiger partial charge in [-0.05, 0) is 18.6 Å². The quantitative estimate of drug-likeness (QED) is 0.644. The van der Waals surface area contributed by atoms with E-state index in [4.69, 9.17) is 0 Å². The fraction of sp³-hybridized carbons (Fsp3) is 0.263. The normalized spacial score (nSPS) is 10.6. The van der Waals surface area contributed by atoms with E-state index in [2.05, 4.69) is 32.5 Å². The van der Waals surface area contributed by atoms with Gasteiger partial charge in [-0.25, -0.2) is 9.97 Å². The molecular formula is C19H21N5O. The van der Waals surface area contributed by atoms with Gasteiger partial charge in [-0.2, -0.15) is 0 Å². The minimum atomic E-state index is -0.183. The Kier molecular flexibility index (Phi) is 5.51. The number of carbonyl (C=O) groups is 1. The van der Waals surface area contributed by atoms with E-state index in [0.29, 0.717) is 18.1 Å². The summed E-state index contributed by atoms with van der Waals surface area (Å²) in [6.45, 7) is 2.79. The van der Waals surface area contributed by atoms with Gasteiger partial charge in [0, 0.05) is 24.2 Å². The average molecular weight is 335 g/mol. The second-order valence-corrected chi connectivity index (χ2v) is 5.76. The molecular weight excluding hydrogens is 314 g/mol. The van der Waals surface area contributed by atoms with Crippen molar-refractivity contribution in [2.45, 2.75) is 26.2 Å². The van der Waals surface area contributed by atoms with E-state index in [0.717, 1.165) is 35.9 Å². The topological polar surface area (TPSA) is 79.8 Å². The monoisotopic (exact) mass is 335 g/mol. The van der Waals surface area contributed by atoms with Crippen LogP contribution in [0.15, 0.2) is 48.9 Å². The summed E-state index contributed by atoms with van der Waals surface area (Å²) in [5, 5.41) is 7.15. The molecule has 0 fully saturated rings. The number of rotatable bonds is 7. The zero-order valence-electron chi connectivity index (χ0n) is 14.2. The van der Waals surface area contributed by atoms with Crippen LogP contribution in [0.25, 0.3) is 10.9 Å². The lowest BCUT2D eigenvalue weighted by Crippen LogP contribution is -2.25. The molecule has 2 aromatic heterocycles. The van der Waals surface area contributed by atoms with Crippen LogP contribution in [0.4, 0.5) is 11.5 Å². The fourth-order valence-corrected chi connectivity index (χ4v) is 2.56. The number of hydrogen-bond donors (Lipinski definition) is 2. The molecule has 25 heavy (non-hydrogen) atoms. The van der Waals surface area contributed by atoms with Gasteiger partial charge in [-0.15, -0.1) is 0 Å². The molecule has 0 bridgehead atoms. The highest BCUT2D eigenvalue weighted by molar-refractivity contribution is 5.94. The van der Waals surface area contributed by atoms with Crippen molar-refractivity contribution >= 4 is 28.3 Å². The largest absolute Gasteiger partial charge is 0.351 e. The molecule has 6 nitrogen and oxygen atoms in total. The molecule has 0 spiro atoms.